The summed E-state index contributed by atoms with van der Waals surface area (Å²) in [5.41, 5.74) is 1.75. The number of hydrogen-bond acceptors (Lipinski definition) is 7. The van der Waals surface area contributed by atoms with Crippen LogP contribution in [0.5, 0.6) is 0 Å². The van der Waals surface area contributed by atoms with Gasteiger partial charge in [0.25, 0.3) is 11.2 Å². The van der Waals surface area contributed by atoms with E-state index in [0.717, 1.165) is 5.56 Å². The zero-order chi connectivity index (χ0) is 25.8. The van der Waals surface area contributed by atoms with Crippen LogP contribution in [-0.4, -0.2) is 30.6 Å². The van der Waals surface area contributed by atoms with Gasteiger partial charge in [0.2, 0.25) is 11.9 Å². The average molecular weight is 494 g/mol. The van der Waals surface area contributed by atoms with Crippen molar-refractivity contribution in [2.75, 3.05) is 5.32 Å². The molecule has 0 unspecified atom stereocenters. The third-order valence-electron chi connectivity index (χ3n) is 5.26. The molecule has 11 nitrogen and oxygen atoms in total. The van der Waals surface area contributed by atoms with Gasteiger partial charge in [0.15, 0.2) is 5.76 Å². The lowest BCUT2D eigenvalue weighted by Gasteiger charge is -2.08. The lowest BCUT2D eigenvalue weighted by Crippen LogP contribution is -2.17. The van der Waals surface area contributed by atoms with Gasteiger partial charge >= 0.3 is 0 Å². The van der Waals surface area contributed by atoms with Crippen molar-refractivity contribution >= 4 is 23.5 Å². The van der Waals surface area contributed by atoms with Gasteiger partial charge < -0.3 is 9.73 Å². The maximum atomic E-state index is 12.7. The van der Waals surface area contributed by atoms with Crippen LogP contribution in [0.15, 0.2) is 100 Å². The molecule has 0 aliphatic carbocycles. The third kappa shape index (κ3) is 5.25. The van der Waals surface area contributed by atoms with Gasteiger partial charge in [-0.1, -0.05) is 30.3 Å². The van der Waals surface area contributed by atoms with Crippen LogP contribution in [-0.2, 0) is 4.79 Å². The summed E-state index contributed by atoms with van der Waals surface area (Å²) in [4.78, 5) is 42.7. The average Bonchev–Trinajstić information content (AvgIpc) is 3.58. The van der Waals surface area contributed by atoms with Crippen LogP contribution in [0.3, 0.4) is 0 Å². The fourth-order valence-electron chi connectivity index (χ4n) is 3.53. The molecule has 5 aromatic rings. The predicted molar refractivity (Wildman–Crippen MR) is 136 cm³/mol. The predicted octanol–water partition coefficient (Wildman–Crippen LogP) is 4.44. The normalized spacial score (nSPS) is 11.0. The largest absolute Gasteiger partial charge is 0.463 e. The second-order valence-electron chi connectivity index (χ2n) is 7.80. The molecule has 1 amide bonds. The van der Waals surface area contributed by atoms with Gasteiger partial charge in [0.05, 0.1) is 16.9 Å². The third-order valence-corrected chi connectivity index (χ3v) is 5.26. The van der Waals surface area contributed by atoms with Crippen LogP contribution in [0.1, 0.15) is 5.56 Å². The highest BCUT2D eigenvalue weighted by atomic mass is 16.6. The number of nitro benzene ring substituents is 1. The van der Waals surface area contributed by atoms with E-state index in [9.17, 15) is 19.7 Å². The molecule has 182 valence electrons. The lowest BCUT2D eigenvalue weighted by atomic mass is 10.1. The molecular weight excluding hydrogens is 476 g/mol. The van der Waals surface area contributed by atoms with Crippen LogP contribution in [0, 0.1) is 10.1 Å². The molecule has 5 rings (SSSR count). The molecular formula is C26H18N6O5. The molecule has 0 fully saturated rings. The standard InChI is InChI=1S/C26H18N6O5/c33-24(13-10-17-8-11-19(12-9-17)32(35)36)28-23-15-21(22-7-4-14-37-22)30-31(23)26-27-20(16-25(34)29-26)18-5-2-1-3-6-18/h1-16H,(H,28,33)(H,27,29,34)/b13-10-. The topological polar surface area (TPSA) is 149 Å². The highest BCUT2D eigenvalue weighted by Gasteiger charge is 2.17. The molecule has 11 heteroatoms. The summed E-state index contributed by atoms with van der Waals surface area (Å²) in [6, 6.07) is 21.3. The first-order valence-electron chi connectivity index (χ1n) is 11.0. The van der Waals surface area contributed by atoms with E-state index in [-0.39, 0.29) is 17.5 Å². The number of nitrogens with zero attached hydrogens (tertiary/aromatic N) is 4. The van der Waals surface area contributed by atoms with Gasteiger partial charge in [-0.3, -0.25) is 24.7 Å². The maximum Gasteiger partial charge on any atom is 0.269 e. The number of aromatic amines is 1. The molecule has 2 N–H and O–H groups in total. The van der Waals surface area contributed by atoms with E-state index >= 15 is 0 Å². The summed E-state index contributed by atoms with van der Waals surface area (Å²) in [7, 11) is 0. The van der Waals surface area contributed by atoms with Gasteiger partial charge in [-0.25, -0.2) is 4.98 Å². The van der Waals surface area contributed by atoms with E-state index in [1.165, 1.54) is 53.4 Å². The van der Waals surface area contributed by atoms with Crippen molar-refractivity contribution in [1.82, 2.24) is 19.7 Å². The number of amides is 1. The molecule has 0 spiro atoms. The van der Waals surface area contributed by atoms with E-state index in [1.54, 1.807) is 18.2 Å². The Morgan fingerprint density at radius 2 is 1.81 bits per heavy atom. The first kappa shape index (κ1) is 23.2. The lowest BCUT2D eigenvalue weighted by molar-refractivity contribution is -0.384. The molecule has 37 heavy (non-hydrogen) atoms. The van der Waals surface area contributed by atoms with Gasteiger partial charge in [-0.05, 0) is 35.9 Å². The van der Waals surface area contributed by atoms with Crippen molar-refractivity contribution < 1.29 is 14.1 Å². The first-order valence-corrected chi connectivity index (χ1v) is 11.0. The van der Waals surface area contributed by atoms with Gasteiger partial charge in [-0.15, -0.1) is 0 Å². The quantitative estimate of drug-likeness (QED) is 0.193. The molecule has 0 saturated heterocycles. The zero-order valence-electron chi connectivity index (χ0n) is 19.1. The zero-order valence-corrected chi connectivity index (χ0v) is 19.1. The molecule has 0 radical (unpaired) electrons. The first-order chi connectivity index (χ1) is 18.0. The molecule has 3 aromatic heterocycles. The Kier molecular flexibility index (Phi) is 6.24. The van der Waals surface area contributed by atoms with Gasteiger partial charge in [-0.2, -0.15) is 9.78 Å². The Hall–Kier alpha value is -5.58. The molecule has 2 aromatic carbocycles. The fraction of sp³-hybridized carbons (Fsp3) is 0. The van der Waals surface area contributed by atoms with Crippen LogP contribution in [0.2, 0.25) is 0 Å². The van der Waals surface area contributed by atoms with E-state index in [2.05, 4.69) is 20.4 Å². The van der Waals surface area contributed by atoms with Crippen molar-refractivity contribution in [1.29, 1.82) is 0 Å². The van der Waals surface area contributed by atoms with Crippen molar-refractivity contribution in [2.45, 2.75) is 0 Å². The number of aromatic nitrogens is 4. The highest BCUT2D eigenvalue weighted by molar-refractivity contribution is 6.01. The van der Waals surface area contributed by atoms with Crippen LogP contribution in [0.4, 0.5) is 11.5 Å². The summed E-state index contributed by atoms with van der Waals surface area (Å²) in [6.07, 6.45) is 4.29. The minimum Gasteiger partial charge on any atom is -0.463 e. The molecule has 0 bridgehead atoms. The monoisotopic (exact) mass is 494 g/mol. The van der Waals surface area contributed by atoms with E-state index in [0.29, 0.717) is 22.7 Å². The Labute approximate surface area is 208 Å². The Bertz CT molecular complexity index is 1650. The number of H-pyrrole nitrogens is 1. The number of nitrogens with one attached hydrogen (secondary N) is 2. The second kappa shape index (κ2) is 9.96. The number of rotatable bonds is 7. The number of carbonyl (C=O) groups excluding carboxylic acids is 1. The van der Waals surface area contributed by atoms with Gasteiger partial charge in [0.1, 0.15) is 11.5 Å². The molecule has 3 heterocycles. The minimum absolute atomic E-state index is 0.0461. The Morgan fingerprint density at radius 3 is 2.51 bits per heavy atom. The minimum atomic E-state index is -0.497. The van der Waals surface area contributed by atoms with Crippen LogP contribution < -0.4 is 10.9 Å². The van der Waals surface area contributed by atoms with Crippen molar-refractivity contribution in [3.05, 3.63) is 117 Å². The molecule has 0 atom stereocenters. The number of nitro groups is 1. The smallest absolute Gasteiger partial charge is 0.269 e. The summed E-state index contributed by atoms with van der Waals surface area (Å²) in [5, 5.41) is 18.0. The van der Waals surface area contributed by atoms with Gasteiger partial charge in [0, 0.05) is 35.9 Å². The van der Waals surface area contributed by atoms with E-state index < -0.39 is 16.4 Å². The van der Waals surface area contributed by atoms with E-state index in [1.807, 2.05) is 30.3 Å². The molecule has 0 aliphatic heterocycles. The molecule has 0 saturated carbocycles. The fourth-order valence-corrected chi connectivity index (χ4v) is 3.53. The Balaban J connectivity index is 1.48. The number of hydrogen-bond donors (Lipinski definition) is 2. The number of non-ortho nitro benzene ring substituents is 1. The summed E-state index contributed by atoms with van der Waals surface area (Å²) in [6.45, 7) is 0. The number of furan rings is 1. The second-order valence-corrected chi connectivity index (χ2v) is 7.80. The van der Waals surface area contributed by atoms with E-state index in [4.69, 9.17) is 4.42 Å². The van der Waals surface area contributed by atoms with Crippen molar-refractivity contribution in [3.63, 3.8) is 0 Å². The summed E-state index contributed by atoms with van der Waals surface area (Å²) >= 11 is 0. The van der Waals surface area contributed by atoms with Crippen molar-refractivity contribution in [2.24, 2.45) is 0 Å². The SMILES string of the molecule is O=C(/C=C\c1ccc([N+](=O)[O-])cc1)Nc1cc(-c2ccco2)nn1-c1nc(-c2ccccc2)cc(=O)[nH]1. The molecule has 0 aliphatic rings. The summed E-state index contributed by atoms with van der Waals surface area (Å²) in [5.74, 6) is 0.293. The van der Waals surface area contributed by atoms with Crippen LogP contribution >= 0.6 is 0 Å². The number of benzene rings is 2. The maximum absolute atomic E-state index is 12.7. The number of anilines is 1. The van der Waals surface area contributed by atoms with Crippen LogP contribution in [0.25, 0.3) is 34.7 Å². The highest BCUT2D eigenvalue weighted by Crippen LogP contribution is 2.25. The Morgan fingerprint density at radius 1 is 1.03 bits per heavy atom. The van der Waals surface area contributed by atoms with Crippen molar-refractivity contribution in [3.8, 4) is 28.7 Å². The summed E-state index contributed by atoms with van der Waals surface area (Å²) < 4.78 is 6.74. The number of carbonyl (C=O) groups is 1.